The standard InChI is InChI=1S/C11H13N5O/c1-16-7-6-10(15-16)13-11(17)8-4-2-3-5-9(8)14-12/h2-7,14H,12H2,1H3,(H,13,15,17). The molecule has 0 fully saturated rings. The Bertz CT molecular complexity index is 534. The van der Waals surface area contributed by atoms with Gasteiger partial charge in [-0.15, -0.1) is 0 Å². The molecule has 88 valence electrons. The second kappa shape index (κ2) is 4.67. The predicted molar refractivity (Wildman–Crippen MR) is 65.4 cm³/mol. The van der Waals surface area contributed by atoms with Crippen LogP contribution in [0.4, 0.5) is 11.5 Å². The fourth-order valence-electron chi connectivity index (χ4n) is 1.47. The molecule has 6 heteroatoms. The normalized spacial score (nSPS) is 10.0. The predicted octanol–water partition coefficient (Wildman–Crippen LogP) is 0.958. The van der Waals surface area contributed by atoms with E-state index in [2.05, 4.69) is 15.8 Å². The van der Waals surface area contributed by atoms with E-state index in [4.69, 9.17) is 5.84 Å². The van der Waals surface area contributed by atoms with Crippen LogP contribution in [0.2, 0.25) is 0 Å². The molecule has 0 aliphatic rings. The number of carbonyl (C=O) groups is 1. The molecule has 1 aromatic carbocycles. The molecule has 2 aromatic rings. The quantitative estimate of drug-likeness (QED) is 0.542. The molecular formula is C11H13N5O. The first kappa shape index (κ1) is 11.2. The summed E-state index contributed by atoms with van der Waals surface area (Å²) in [6.07, 6.45) is 1.75. The highest BCUT2D eigenvalue weighted by atomic mass is 16.1. The summed E-state index contributed by atoms with van der Waals surface area (Å²) in [7, 11) is 1.78. The lowest BCUT2D eigenvalue weighted by atomic mass is 10.1. The van der Waals surface area contributed by atoms with Gasteiger partial charge in [-0.1, -0.05) is 12.1 Å². The molecule has 0 bridgehead atoms. The third-order valence-corrected chi connectivity index (χ3v) is 2.28. The van der Waals surface area contributed by atoms with Crippen molar-refractivity contribution in [2.75, 3.05) is 10.7 Å². The molecule has 0 atom stereocenters. The van der Waals surface area contributed by atoms with Crippen LogP contribution < -0.4 is 16.6 Å². The number of hydrazine groups is 1. The maximum atomic E-state index is 11.9. The second-order valence-electron chi connectivity index (χ2n) is 3.52. The van der Waals surface area contributed by atoms with Gasteiger partial charge in [-0.25, -0.2) is 0 Å². The number of para-hydroxylation sites is 1. The third-order valence-electron chi connectivity index (χ3n) is 2.28. The summed E-state index contributed by atoms with van der Waals surface area (Å²) in [5.74, 6) is 5.59. The molecule has 0 radical (unpaired) electrons. The van der Waals surface area contributed by atoms with E-state index in [-0.39, 0.29) is 5.91 Å². The Balaban J connectivity index is 2.20. The number of nitrogens with one attached hydrogen (secondary N) is 2. The lowest BCUT2D eigenvalue weighted by Gasteiger charge is -2.07. The highest BCUT2D eigenvalue weighted by Gasteiger charge is 2.11. The van der Waals surface area contributed by atoms with Crippen molar-refractivity contribution >= 4 is 17.4 Å². The van der Waals surface area contributed by atoms with Crippen LogP contribution in [0.1, 0.15) is 10.4 Å². The van der Waals surface area contributed by atoms with E-state index in [0.29, 0.717) is 17.1 Å². The van der Waals surface area contributed by atoms with Crippen molar-refractivity contribution in [3.05, 3.63) is 42.1 Å². The van der Waals surface area contributed by atoms with Crippen molar-refractivity contribution in [1.82, 2.24) is 9.78 Å². The first-order valence-electron chi connectivity index (χ1n) is 5.07. The number of benzene rings is 1. The topological polar surface area (TPSA) is 85.0 Å². The van der Waals surface area contributed by atoms with Gasteiger partial charge in [-0.2, -0.15) is 5.10 Å². The minimum Gasteiger partial charge on any atom is -0.323 e. The lowest BCUT2D eigenvalue weighted by Crippen LogP contribution is -2.17. The van der Waals surface area contributed by atoms with Crippen molar-refractivity contribution in [3.8, 4) is 0 Å². The number of nitrogens with two attached hydrogens (primary N) is 1. The van der Waals surface area contributed by atoms with Gasteiger partial charge in [0.05, 0.1) is 11.3 Å². The first-order valence-corrected chi connectivity index (χ1v) is 5.07. The molecular weight excluding hydrogens is 218 g/mol. The van der Waals surface area contributed by atoms with Gasteiger partial charge in [0, 0.05) is 19.3 Å². The van der Waals surface area contributed by atoms with Crippen LogP contribution in [0.3, 0.4) is 0 Å². The number of nitrogen functional groups attached to an aromatic ring is 1. The number of rotatable bonds is 3. The summed E-state index contributed by atoms with van der Waals surface area (Å²) in [5.41, 5.74) is 3.52. The number of aromatic nitrogens is 2. The molecule has 1 amide bonds. The van der Waals surface area contributed by atoms with Gasteiger partial charge in [0.1, 0.15) is 0 Å². The van der Waals surface area contributed by atoms with E-state index in [9.17, 15) is 4.79 Å². The molecule has 0 unspecified atom stereocenters. The number of anilines is 2. The summed E-state index contributed by atoms with van der Waals surface area (Å²) in [4.78, 5) is 11.9. The number of carbonyl (C=O) groups excluding carboxylic acids is 1. The number of aryl methyl sites for hydroxylation is 1. The molecule has 0 aliphatic heterocycles. The van der Waals surface area contributed by atoms with Crippen molar-refractivity contribution < 1.29 is 4.79 Å². The summed E-state index contributed by atoms with van der Waals surface area (Å²) >= 11 is 0. The van der Waals surface area contributed by atoms with E-state index >= 15 is 0 Å². The summed E-state index contributed by atoms with van der Waals surface area (Å²) in [6, 6.07) is 8.71. The molecule has 0 saturated heterocycles. The van der Waals surface area contributed by atoms with Crippen LogP contribution in [0.15, 0.2) is 36.5 Å². The number of hydrogen-bond donors (Lipinski definition) is 3. The second-order valence-corrected chi connectivity index (χ2v) is 3.52. The lowest BCUT2D eigenvalue weighted by molar-refractivity contribution is 0.102. The number of hydrogen-bond acceptors (Lipinski definition) is 4. The summed E-state index contributed by atoms with van der Waals surface area (Å²) in [6.45, 7) is 0. The molecule has 0 aliphatic carbocycles. The van der Waals surface area contributed by atoms with Crippen LogP contribution in [-0.4, -0.2) is 15.7 Å². The van der Waals surface area contributed by atoms with Gasteiger partial charge in [0.2, 0.25) is 0 Å². The fourth-order valence-corrected chi connectivity index (χ4v) is 1.47. The SMILES string of the molecule is Cn1ccc(NC(=O)c2ccccc2NN)n1. The average molecular weight is 231 g/mol. The number of amides is 1. The van der Waals surface area contributed by atoms with Crippen LogP contribution in [0.25, 0.3) is 0 Å². The van der Waals surface area contributed by atoms with Crippen LogP contribution in [0.5, 0.6) is 0 Å². The first-order chi connectivity index (χ1) is 8.20. The maximum absolute atomic E-state index is 11.9. The average Bonchev–Trinajstić information content (AvgIpc) is 2.74. The largest absolute Gasteiger partial charge is 0.323 e. The zero-order chi connectivity index (χ0) is 12.3. The number of nitrogens with zero attached hydrogens (tertiary/aromatic N) is 2. The van der Waals surface area contributed by atoms with Crippen molar-refractivity contribution in [2.24, 2.45) is 12.9 Å². The Morgan fingerprint density at radius 1 is 1.35 bits per heavy atom. The van der Waals surface area contributed by atoms with Crippen LogP contribution >= 0.6 is 0 Å². The Morgan fingerprint density at radius 3 is 2.76 bits per heavy atom. The minimum atomic E-state index is -0.253. The molecule has 0 spiro atoms. The van der Waals surface area contributed by atoms with Gasteiger partial charge in [0.25, 0.3) is 5.91 Å². The Morgan fingerprint density at radius 2 is 2.12 bits per heavy atom. The zero-order valence-electron chi connectivity index (χ0n) is 9.34. The zero-order valence-corrected chi connectivity index (χ0v) is 9.34. The Labute approximate surface area is 98.4 Å². The van der Waals surface area contributed by atoms with Gasteiger partial charge in [-0.3, -0.25) is 15.3 Å². The highest BCUT2D eigenvalue weighted by Crippen LogP contribution is 2.15. The van der Waals surface area contributed by atoms with Crippen molar-refractivity contribution in [1.29, 1.82) is 0 Å². The van der Waals surface area contributed by atoms with E-state index in [0.717, 1.165) is 0 Å². The third kappa shape index (κ3) is 2.43. The molecule has 0 saturated carbocycles. The van der Waals surface area contributed by atoms with E-state index < -0.39 is 0 Å². The van der Waals surface area contributed by atoms with Gasteiger partial charge < -0.3 is 10.7 Å². The molecule has 1 aromatic heterocycles. The van der Waals surface area contributed by atoms with Crippen LogP contribution in [-0.2, 0) is 7.05 Å². The maximum Gasteiger partial charge on any atom is 0.259 e. The highest BCUT2D eigenvalue weighted by molar-refractivity contribution is 6.07. The van der Waals surface area contributed by atoms with E-state index in [1.165, 1.54) is 0 Å². The molecule has 4 N–H and O–H groups in total. The van der Waals surface area contributed by atoms with Crippen molar-refractivity contribution in [2.45, 2.75) is 0 Å². The molecule has 6 nitrogen and oxygen atoms in total. The van der Waals surface area contributed by atoms with Gasteiger partial charge >= 0.3 is 0 Å². The van der Waals surface area contributed by atoms with E-state index in [1.54, 1.807) is 48.3 Å². The summed E-state index contributed by atoms with van der Waals surface area (Å²) < 4.78 is 1.61. The summed E-state index contributed by atoms with van der Waals surface area (Å²) in [5, 5.41) is 6.75. The Kier molecular flexibility index (Phi) is 3.06. The molecule has 17 heavy (non-hydrogen) atoms. The fraction of sp³-hybridized carbons (Fsp3) is 0.0909. The molecule has 1 heterocycles. The van der Waals surface area contributed by atoms with Gasteiger partial charge in [-0.05, 0) is 12.1 Å². The minimum absolute atomic E-state index is 0.253. The van der Waals surface area contributed by atoms with E-state index in [1.807, 2.05) is 0 Å². The van der Waals surface area contributed by atoms with Crippen molar-refractivity contribution in [3.63, 3.8) is 0 Å². The molecule has 2 rings (SSSR count). The Hall–Kier alpha value is -2.34. The monoisotopic (exact) mass is 231 g/mol. The van der Waals surface area contributed by atoms with Gasteiger partial charge in [0.15, 0.2) is 5.82 Å². The smallest absolute Gasteiger partial charge is 0.259 e. The van der Waals surface area contributed by atoms with Crippen LogP contribution in [0, 0.1) is 0 Å².